The highest BCUT2D eigenvalue weighted by molar-refractivity contribution is 7.97. The van der Waals surface area contributed by atoms with Crippen molar-refractivity contribution in [1.82, 2.24) is 14.5 Å². The normalized spacial score (nSPS) is 12.4. The molecule has 1 atom stereocenters. The lowest BCUT2D eigenvalue weighted by molar-refractivity contribution is 0.198. The minimum Gasteiger partial charge on any atom is -0.492 e. The van der Waals surface area contributed by atoms with E-state index in [0.29, 0.717) is 12.6 Å². The number of hydrogen-bond acceptors (Lipinski definition) is 4. The van der Waals surface area contributed by atoms with Gasteiger partial charge in [0.25, 0.3) is 0 Å². The van der Waals surface area contributed by atoms with Gasteiger partial charge in [0.15, 0.2) is 0 Å². The van der Waals surface area contributed by atoms with Crippen molar-refractivity contribution in [3.8, 4) is 5.75 Å². The standard InChI is InChI=1S/C22H25N3O.C2H6S/c1-14(24(3)4)13-26-17-6-7-21-19(11-17)20-10-16-12-23-9-8-18(16)15(2)22(20)25(21)5;1-3-2/h6-12,14H,13H2,1-5H3;1-2H3. The molecule has 4 nitrogen and oxygen atoms in total. The summed E-state index contributed by atoms with van der Waals surface area (Å²) in [6.45, 7) is 5.04. The van der Waals surface area contributed by atoms with Crippen molar-refractivity contribution in [2.45, 2.75) is 19.9 Å². The van der Waals surface area contributed by atoms with Crippen LogP contribution >= 0.6 is 11.8 Å². The van der Waals surface area contributed by atoms with Crippen LogP contribution in [0.3, 0.4) is 0 Å². The molecule has 4 rings (SSSR count). The molecule has 1 unspecified atom stereocenters. The van der Waals surface area contributed by atoms with Crippen molar-refractivity contribution in [2.75, 3.05) is 33.2 Å². The van der Waals surface area contributed by atoms with Gasteiger partial charge in [0.1, 0.15) is 12.4 Å². The van der Waals surface area contributed by atoms with Crippen molar-refractivity contribution < 1.29 is 4.74 Å². The summed E-state index contributed by atoms with van der Waals surface area (Å²) in [6, 6.07) is 11.1. The van der Waals surface area contributed by atoms with Gasteiger partial charge < -0.3 is 14.2 Å². The van der Waals surface area contributed by atoms with Crippen LogP contribution in [-0.4, -0.2) is 53.7 Å². The predicted molar refractivity (Wildman–Crippen MR) is 129 cm³/mol. The van der Waals surface area contributed by atoms with Crippen molar-refractivity contribution >= 4 is 44.3 Å². The zero-order chi connectivity index (χ0) is 21.1. The Morgan fingerprint density at radius 1 is 1.10 bits per heavy atom. The maximum absolute atomic E-state index is 6.05. The first-order chi connectivity index (χ1) is 13.9. The Bertz CT molecular complexity index is 1130. The number of ether oxygens (including phenoxy) is 1. The van der Waals surface area contributed by atoms with E-state index in [0.717, 1.165) is 5.75 Å². The van der Waals surface area contributed by atoms with Gasteiger partial charge in [0.05, 0.1) is 5.52 Å². The van der Waals surface area contributed by atoms with Crippen LogP contribution in [0.15, 0.2) is 42.7 Å². The summed E-state index contributed by atoms with van der Waals surface area (Å²) < 4.78 is 8.33. The lowest BCUT2D eigenvalue weighted by atomic mass is 10.0. The molecule has 0 N–H and O–H groups in total. The van der Waals surface area contributed by atoms with Crippen LogP contribution in [0.25, 0.3) is 32.6 Å². The highest BCUT2D eigenvalue weighted by Gasteiger charge is 2.14. The Kier molecular flexibility index (Phi) is 6.70. The molecular formula is C24H31N3OS. The minimum atomic E-state index is 0.371. The Hall–Kier alpha value is -2.24. The lowest BCUT2D eigenvalue weighted by Crippen LogP contribution is -2.30. The predicted octanol–water partition coefficient (Wildman–Crippen LogP) is 5.50. The number of aryl methyl sites for hydroxylation is 2. The first kappa shape index (κ1) is 21.5. The molecule has 2 heterocycles. The van der Waals surface area contributed by atoms with Crippen molar-refractivity contribution in [2.24, 2.45) is 7.05 Å². The number of pyridine rings is 1. The summed E-state index contributed by atoms with van der Waals surface area (Å²) in [7, 11) is 6.28. The molecule has 5 heteroatoms. The average molecular weight is 410 g/mol. The minimum absolute atomic E-state index is 0.371. The zero-order valence-corrected chi connectivity index (χ0v) is 19.3. The number of aromatic nitrogens is 2. The number of benzene rings is 2. The Morgan fingerprint density at radius 2 is 1.83 bits per heavy atom. The van der Waals surface area contributed by atoms with E-state index in [9.17, 15) is 0 Å². The van der Waals surface area contributed by atoms with Gasteiger partial charge in [-0.25, -0.2) is 0 Å². The van der Waals surface area contributed by atoms with E-state index >= 15 is 0 Å². The van der Waals surface area contributed by atoms with E-state index in [1.807, 2.05) is 24.9 Å². The van der Waals surface area contributed by atoms with Crippen LogP contribution < -0.4 is 4.74 Å². The second kappa shape index (κ2) is 9.06. The summed E-state index contributed by atoms with van der Waals surface area (Å²) in [6.07, 6.45) is 7.89. The second-order valence-electron chi connectivity index (χ2n) is 7.76. The van der Waals surface area contributed by atoms with Crippen molar-refractivity contribution in [1.29, 1.82) is 0 Å². The van der Waals surface area contributed by atoms with Gasteiger partial charge in [0.2, 0.25) is 0 Å². The molecule has 154 valence electrons. The summed E-state index contributed by atoms with van der Waals surface area (Å²) in [4.78, 5) is 6.46. The molecule has 0 saturated heterocycles. The summed E-state index contributed by atoms with van der Waals surface area (Å²) >= 11 is 1.75. The summed E-state index contributed by atoms with van der Waals surface area (Å²) in [5.41, 5.74) is 3.79. The molecule has 0 bridgehead atoms. The van der Waals surface area contributed by atoms with Crippen LogP contribution in [-0.2, 0) is 7.05 Å². The molecule has 0 amide bonds. The molecule has 29 heavy (non-hydrogen) atoms. The van der Waals surface area contributed by atoms with Gasteiger partial charge in [-0.15, -0.1) is 0 Å². The maximum Gasteiger partial charge on any atom is 0.120 e. The van der Waals surface area contributed by atoms with Crippen molar-refractivity contribution in [3.05, 3.63) is 48.3 Å². The number of fused-ring (bicyclic) bond motifs is 4. The SMILES string of the molecule is CSC.Cc1c2ccncc2cc2c3cc(OCC(C)N(C)C)ccc3n(C)c12. The molecule has 2 aromatic carbocycles. The van der Waals surface area contributed by atoms with Gasteiger partial charge in [-0.3, -0.25) is 4.98 Å². The first-order valence-electron chi connectivity index (χ1n) is 9.83. The topological polar surface area (TPSA) is 30.3 Å². The molecule has 4 aromatic rings. The van der Waals surface area contributed by atoms with E-state index in [1.54, 1.807) is 11.8 Å². The smallest absolute Gasteiger partial charge is 0.120 e. The van der Waals surface area contributed by atoms with Gasteiger partial charge in [-0.1, -0.05) is 0 Å². The van der Waals surface area contributed by atoms with Crippen LogP contribution in [0.5, 0.6) is 5.75 Å². The molecule has 0 radical (unpaired) electrons. The lowest BCUT2D eigenvalue weighted by Gasteiger charge is -2.20. The van der Waals surface area contributed by atoms with Crippen LogP contribution in [0.1, 0.15) is 12.5 Å². The second-order valence-corrected chi connectivity index (χ2v) is 8.58. The summed E-state index contributed by atoms with van der Waals surface area (Å²) in [5, 5.41) is 4.92. The third-order valence-corrected chi connectivity index (χ3v) is 5.49. The van der Waals surface area contributed by atoms with Crippen LogP contribution in [0.4, 0.5) is 0 Å². The van der Waals surface area contributed by atoms with Gasteiger partial charge in [-0.2, -0.15) is 11.8 Å². The van der Waals surface area contributed by atoms with E-state index in [-0.39, 0.29) is 0 Å². The molecule has 0 aliphatic heterocycles. The quantitative estimate of drug-likeness (QED) is 0.445. The Balaban J connectivity index is 0.000000755. The Morgan fingerprint density at radius 3 is 2.52 bits per heavy atom. The highest BCUT2D eigenvalue weighted by atomic mass is 32.2. The molecule has 0 saturated carbocycles. The van der Waals surface area contributed by atoms with E-state index in [2.05, 4.69) is 79.8 Å². The number of thioether (sulfide) groups is 1. The van der Waals surface area contributed by atoms with Gasteiger partial charge >= 0.3 is 0 Å². The molecular weight excluding hydrogens is 378 g/mol. The Labute approximate surface area is 177 Å². The molecule has 0 spiro atoms. The maximum atomic E-state index is 6.05. The van der Waals surface area contributed by atoms with Gasteiger partial charge in [-0.05, 0) is 81.7 Å². The van der Waals surface area contributed by atoms with E-state index in [1.165, 1.54) is 38.1 Å². The third kappa shape index (κ3) is 4.21. The largest absolute Gasteiger partial charge is 0.492 e. The summed E-state index contributed by atoms with van der Waals surface area (Å²) in [5.74, 6) is 0.919. The number of likely N-dealkylation sites (N-methyl/N-ethyl adjacent to an activating group) is 1. The fraction of sp³-hybridized carbons (Fsp3) is 0.375. The number of nitrogens with zero attached hydrogens (tertiary/aromatic N) is 3. The van der Waals surface area contributed by atoms with E-state index in [4.69, 9.17) is 4.74 Å². The molecule has 2 aromatic heterocycles. The average Bonchev–Trinajstić information content (AvgIpc) is 2.98. The molecule has 0 aliphatic rings. The highest BCUT2D eigenvalue weighted by Crippen LogP contribution is 2.36. The third-order valence-electron chi connectivity index (χ3n) is 5.49. The first-order valence-corrected chi connectivity index (χ1v) is 11.5. The molecule has 0 fully saturated rings. The fourth-order valence-electron chi connectivity index (χ4n) is 3.65. The van der Waals surface area contributed by atoms with Crippen molar-refractivity contribution in [3.63, 3.8) is 0 Å². The monoisotopic (exact) mass is 409 g/mol. The van der Waals surface area contributed by atoms with Crippen LogP contribution in [0.2, 0.25) is 0 Å². The number of hydrogen-bond donors (Lipinski definition) is 0. The molecule has 0 aliphatic carbocycles. The zero-order valence-electron chi connectivity index (χ0n) is 18.5. The van der Waals surface area contributed by atoms with E-state index < -0.39 is 0 Å². The fourth-order valence-corrected chi connectivity index (χ4v) is 3.65. The van der Waals surface area contributed by atoms with Crippen LogP contribution in [0, 0.1) is 6.92 Å². The van der Waals surface area contributed by atoms with Gasteiger partial charge in [0, 0.05) is 47.2 Å². The number of rotatable bonds is 4.